The Hall–Kier alpha value is -1.63. The third kappa shape index (κ3) is 4.67. The van der Waals surface area contributed by atoms with Gasteiger partial charge < -0.3 is 19.5 Å². The van der Waals surface area contributed by atoms with E-state index in [-0.39, 0.29) is 12.1 Å². The molecule has 1 atom stereocenters. The Morgan fingerprint density at radius 1 is 1.30 bits per heavy atom. The largest absolute Gasteiger partial charge is 0.367 e. The van der Waals surface area contributed by atoms with E-state index >= 15 is 0 Å². The van der Waals surface area contributed by atoms with E-state index in [4.69, 9.17) is 9.26 Å². The lowest BCUT2D eigenvalue weighted by atomic mass is 9.96. The lowest BCUT2D eigenvalue weighted by Crippen LogP contribution is -2.50. The number of hydrogen-bond donors (Lipinski definition) is 1. The Bertz CT molecular complexity index is 513. The summed E-state index contributed by atoms with van der Waals surface area (Å²) in [5.74, 6) is 1.10. The molecule has 7 heteroatoms. The lowest BCUT2D eigenvalue weighted by molar-refractivity contribution is -0.0106. The normalized spacial score (nSPS) is 23.0. The van der Waals surface area contributed by atoms with Crippen LogP contribution < -0.4 is 5.32 Å². The third-order valence-electron chi connectivity index (χ3n) is 4.61. The number of likely N-dealkylation sites (tertiary alicyclic amines) is 1. The van der Waals surface area contributed by atoms with Gasteiger partial charge in [-0.1, -0.05) is 24.4 Å². The molecule has 0 aromatic carbocycles. The molecule has 1 aromatic heterocycles. The molecule has 1 aliphatic carbocycles. The predicted molar refractivity (Wildman–Crippen MR) is 83.8 cm³/mol. The van der Waals surface area contributed by atoms with Crippen molar-refractivity contribution >= 4 is 6.03 Å². The van der Waals surface area contributed by atoms with Crippen LogP contribution in [-0.2, 0) is 11.3 Å². The first kappa shape index (κ1) is 16.2. The highest BCUT2D eigenvalue weighted by molar-refractivity contribution is 5.74. The van der Waals surface area contributed by atoms with Crippen LogP contribution in [0.4, 0.5) is 4.79 Å². The van der Waals surface area contributed by atoms with E-state index in [1.165, 1.54) is 19.3 Å². The minimum absolute atomic E-state index is 0.0352. The maximum atomic E-state index is 12.4. The molecule has 1 saturated carbocycles. The zero-order valence-electron chi connectivity index (χ0n) is 13.8. The Morgan fingerprint density at radius 3 is 2.87 bits per heavy atom. The number of nitrogens with one attached hydrogen (secondary N) is 1. The van der Waals surface area contributed by atoms with Crippen molar-refractivity contribution in [3.8, 4) is 0 Å². The van der Waals surface area contributed by atoms with Crippen LogP contribution in [0.5, 0.6) is 0 Å². The minimum atomic E-state index is 0.0352. The second-order valence-electron chi connectivity index (χ2n) is 6.54. The van der Waals surface area contributed by atoms with Crippen molar-refractivity contribution in [2.45, 2.75) is 70.6 Å². The fourth-order valence-electron chi connectivity index (χ4n) is 3.36. The van der Waals surface area contributed by atoms with Crippen molar-refractivity contribution in [1.29, 1.82) is 0 Å². The number of aromatic nitrogens is 2. The Kier molecular flexibility index (Phi) is 5.48. The summed E-state index contributed by atoms with van der Waals surface area (Å²) in [6.45, 7) is 3.53. The van der Waals surface area contributed by atoms with Gasteiger partial charge in [0.25, 0.3) is 5.89 Å². The fourth-order valence-corrected chi connectivity index (χ4v) is 3.36. The van der Waals surface area contributed by atoms with E-state index in [1.54, 1.807) is 6.92 Å². The number of rotatable bonds is 4. The van der Waals surface area contributed by atoms with Gasteiger partial charge in [0.15, 0.2) is 5.82 Å². The summed E-state index contributed by atoms with van der Waals surface area (Å²) in [7, 11) is 0. The van der Waals surface area contributed by atoms with Gasteiger partial charge in [0.2, 0.25) is 0 Å². The highest BCUT2D eigenvalue weighted by Gasteiger charge is 2.26. The molecule has 1 aliphatic heterocycles. The minimum Gasteiger partial charge on any atom is -0.367 e. The molecule has 1 N–H and O–H groups in total. The van der Waals surface area contributed by atoms with E-state index in [0.29, 0.717) is 30.9 Å². The average molecular weight is 322 g/mol. The van der Waals surface area contributed by atoms with Gasteiger partial charge in [0.1, 0.15) is 6.61 Å². The van der Waals surface area contributed by atoms with Crippen LogP contribution in [0, 0.1) is 6.92 Å². The van der Waals surface area contributed by atoms with Crippen LogP contribution in [-0.4, -0.2) is 46.3 Å². The molecular formula is C16H26N4O3. The van der Waals surface area contributed by atoms with Gasteiger partial charge in [-0.2, -0.15) is 4.98 Å². The van der Waals surface area contributed by atoms with Gasteiger partial charge >= 0.3 is 6.03 Å². The second-order valence-corrected chi connectivity index (χ2v) is 6.54. The first-order chi connectivity index (χ1) is 11.2. The predicted octanol–water partition coefficient (Wildman–Crippen LogP) is 2.40. The van der Waals surface area contributed by atoms with Gasteiger partial charge in [-0.05, 0) is 32.6 Å². The van der Waals surface area contributed by atoms with Crippen molar-refractivity contribution in [2.75, 3.05) is 13.1 Å². The van der Waals surface area contributed by atoms with Gasteiger partial charge in [-0.25, -0.2) is 4.79 Å². The number of carbonyl (C=O) groups is 1. The molecule has 128 valence electrons. The van der Waals surface area contributed by atoms with E-state index in [0.717, 1.165) is 32.2 Å². The number of carbonyl (C=O) groups excluding carboxylic acids is 1. The third-order valence-corrected chi connectivity index (χ3v) is 4.61. The number of urea groups is 1. The van der Waals surface area contributed by atoms with Crippen LogP contribution in [0.1, 0.15) is 56.7 Å². The van der Waals surface area contributed by atoms with Crippen molar-refractivity contribution in [1.82, 2.24) is 20.4 Å². The van der Waals surface area contributed by atoms with Crippen LogP contribution in [0.3, 0.4) is 0 Å². The Morgan fingerprint density at radius 2 is 2.13 bits per heavy atom. The standard InChI is InChI=1S/C16H26N4O3/c1-12-17-15(23-19-12)11-22-14-8-5-9-20(10-14)16(21)18-13-6-3-2-4-7-13/h13-14H,2-11H2,1H3,(H,18,21)/t14-/m0/s1. The molecular weight excluding hydrogens is 296 g/mol. The highest BCUT2D eigenvalue weighted by Crippen LogP contribution is 2.19. The molecule has 0 bridgehead atoms. The van der Waals surface area contributed by atoms with E-state index < -0.39 is 0 Å². The van der Waals surface area contributed by atoms with E-state index in [9.17, 15) is 4.79 Å². The van der Waals surface area contributed by atoms with Gasteiger partial charge in [-0.3, -0.25) is 0 Å². The maximum Gasteiger partial charge on any atom is 0.317 e. The topological polar surface area (TPSA) is 80.5 Å². The van der Waals surface area contributed by atoms with Crippen molar-refractivity contribution in [3.63, 3.8) is 0 Å². The number of nitrogens with zero attached hydrogens (tertiary/aromatic N) is 3. The smallest absolute Gasteiger partial charge is 0.317 e. The SMILES string of the molecule is Cc1noc(CO[C@H]2CCCN(C(=O)NC3CCCCC3)C2)n1. The second kappa shape index (κ2) is 7.77. The summed E-state index contributed by atoms with van der Waals surface area (Å²) in [4.78, 5) is 18.4. The number of ether oxygens (including phenoxy) is 1. The molecule has 1 aromatic rings. The molecule has 3 rings (SSSR count). The molecule has 23 heavy (non-hydrogen) atoms. The Balaban J connectivity index is 1.44. The monoisotopic (exact) mass is 322 g/mol. The quantitative estimate of drug-likeness (QED) is 0.920. The maximum absolute atomic E-state index is 12.4. The van der Waals surface area contributed by atoms with E-state index in [1.807, 2.05) is 4.90 Å². The first-order valence-electron chi connectivity index (χ1n) is 8.67. The van der Waals surface area contributed by atoms with Crippen molar-refractivity contribution in [2.24, 2.45) is 0 Å². The molecule has 1 saturated heterocycles. The zero-order chi connectivity index (χ0) is 16.1. The summed E-state index contributed by atoms with van der Waals surface area (Å²) < 4.78 is 10.9. The summed E-state index contributed by atoms with van der Waals surface area (Å²) >= 11 is 0. The number of hydrogen-bond acceptors (Lipinski definition) is 5. The first-order valence-corrected chi connectivity index (χ1v) is 8.67. The van der Waals surface area contributed by atoms with Crippen LogP contribution >= 0.6 is 0 Å². The van der Waals surface area contributed by atoms with Gasteiger partial charge in [0.05, 0.1) is 6.10 Å². The van der Waals surface area contributed by atoms with Crippen LogP contribution in [0.15, 0.2) is 4.52 Å². The van der Waals surface area contributed by atoms with Crippen LogP contribution in [0.2, 0.25) is 0 Å². The number of amides is 2. The molecule has 0 unspecified atom stereocenters. The van der Waals surface area contributed by atoms with Gasteiger partial charge in [0, 0.05) is 19.1 Å². The number of aryl methyl sites for hydroxylation is 1. The lowest BCUT2D eigenvalue weighted by Gasteiger charge is -2.34. The molecule has 2 fully saturated rings. The van der Waals surface area contributed by atoms with E-state index in [2.05, 4.69) is 15.5 Å². The Labute approximate surface area is 136 Å². The molecule has 2 aliphatic rings. The number of piperidine rings is 1. The molecule has 0 spiro atoms. The molecule has 2 heterocycles. The van der Waals surface area contributed by atoms with Crippen LogP contribution in [0.25, 0.3) is 0 Å². The summed E-state index contributed by atoms with van der Waals surface area (Å²) in [6, 6.07) is 0.401. The summed E-state index contributed by atoms with van der Waals surface area (Å²) in [5, 5.41) is 6.92. The fraction of sp³-hybridized carbons (Fsp3) is 0.812. The summed E-state index contributed by atoms with van der Waals surface area (Å²) in [5.41, 5.74) is 0. The summed E-state index contributed by atoms with van der Waals surface area (Å²) in [6.07, 6.45) is 7.91. The average Bonchev–Trinajstić information content (AvgIpc) is 3.00. The van der Waals surface area contributed by atoms with Gasteiger partial charge in [-0.15, -0.1) is 0 Å². The highest BCUT2D eigenvalue weighted by atomic mass is 16.5. The molecule has 7 nitrogen and oxygen atoms in total. The van der Waals surface area contributed by atoms with Crippen molar-refractivity contribution in [3.05, 3.63) is 11.7 Å². The zero-order valence-corrected chi connectivity index (χ0v) is 13.8. The molecule has 2 amide bonds. The molecule has 0 radical (unpaired) electrons. The van der Waals surface area contributed by atoms with Crippen molar-refractivity contribution < 1.29 is 14.1 Å².